The molecule has 4 rings (SSSR count). The van der Waals surface area contributed by atoms with Gasteiger partial charge in [-0.2, -0.15) is 0 Å². The van der Waals surface area contributed by atoms with Gasteiger partial charge in [0.2, 0.25) is 0 Å². The van der Waals surface area contributed by atoms with Gasteiger partial charge in [0.15, 0.2) is 0 Å². The zero-order valence-electron chi connectivity index (χ0n) is 20.0. The van der Waals surface area contributed by atoms with Crippen LogP contribution in [0.5, 0.6) is 0 Å². The van der Waals surface area contributed by atoms with Crippen molar-refractivity contribution < 1.29 is 5.11 Å². The molecule has 1 unspecified atom stereocenters. The summed E-state index contributed by atoms with van der Waals surface area (Å²) in [7, 11) is 0. The Hall–Kier alpha value is -0.560. The van der Waals surface area contributed by atoms with Crippen molar-refractivity contribution in [2.45, 2.75) is 105 Å². The van der Waals surface area contributed by atoms with Crippen molar-refractivity contribution in [2.24, 2.45) is 46.3 Å². The maximum Gasteiger partial charge on any atom is 0.0543 e. The van der Waals surface area contributed by atoms with Crippen molar-refractivity contribution in [1.29, 1.82) is 0 Å². The summed E-state index contributed by atoms with van der Waals surface area (Å²) in [6.45, 7) is 14.7. The van der Waals surface area contributed by atoms with Crippen molar-refractivity contribution in [2.75, 3.05) is 0 Å². The number of aliphatic hydroxyl groups is 1. The van der Waals surface area contributed by atoms with Crippen LogP contribution in [-0.2, 0) is 0 Å². The van der Waals surface area contributed by atoms with Crippen LogP contribution >= 0.6 is 0 Å². The molecule has 4 aliphatic carbocycles. The number of hydrogen-bond acceptors (Lipinski definition) is 1. The molecule has 0 aliphatic heterocycles. The number of aliphatic hydroxyl groups excluding tert-OH is 1. The summed E-state index contributed by atoms with van der Waals surface area (Å²) in [5, 5.41) is 10.3. The Morgan fingerprint density at radius 3 is 2.41 bits per heavy atom. The van der Waals surface area contributed by atoms with Gasteiger partial charge in [0.25, 0.3) is 0 Å². The molecular weight excluding hydrogens is 352 g/mol. The average molecular weight is 399 g/mol. The molecule has 164 valence electrons. The maximum atomic E-state index is 10.3. The molecular formula is C28H46O. The summed E-state index contributed by atoms with van der Waals surface area (Å²) in [4.78, 5) is 0. The Kier molecular flexibility index (Phi) is 5.86. The fourth-order valence-corrected chi connectivity index (χ4v) is 8.06. The Balaban J connectivity index is 1.58. The summed E-state index contributed by atoms with van der Waals surface area (Å²) >= 11 is 0. The van der Waals surface area contributed by atoms with Crippen LogP contribution in [0.2, 0.25) is 0 Å². The molecule has 1 nitrogen and oxygen atoms in total. The highest BCUT2D eigenvalue weighted by Gasteiger charge is 2.55. The van der Waals surface area contributed by atoms with Crippen molar-refractivity contribution in [1.82, 2.24) is 0 Å². The molecule has 0 heterocycles. The highest BCUT2D eigenvalue weighted by molar-refractivity contribution is 5.35. The molecule has 0 bridgehead atoms. The molecule has 0 saturated heterocycles. The molecule has 0 aromatic heterocycles. The van der Waals surface area contributed by atoms with E-state index in [2.05, 4.69) is 53.7 Å². The van der Waals surface area contributed by atoms with E-state index in [-0.39, 0.29) is 6.10 Å². The lowest BCUT2D eigenvalue weighted by Crippen LogP contribution is -2.48. The monoisotopic (exact) mass is 398 g/mol. The maximum absolute atomic E-state index is 10.3. The van der Waals surface area contributed by atoms with E-state index in [9.17, 15) is 5.11 Å². The van der Waals surface area contributed by atoms with Crippen molar-refractivity contribution in [3.63, 3.8) is 0 Å². The molecule has 0 aromatic carbocycles. The Labute approximate surface area is 180 Å². The topological polar surface area (TPSA) is 20.2 Å². The summed E-state index contributed by atoms with van der Waals surface area (Å²) < 4.78 is 0. The molecule has 3 saturated carbocycles. The zero-order chi connectivity index (χ0) is 21.0. The number of allylic oxidation sites excluding steroid dienone is 4. The number of fused-ring (bicyclic) bond motifs is 4. The average Bonchev–Trinajstić information content (AvgIpc) is 3.03. The van der Waals surface area contributed by atoms with Crippen LogP contribution in [0.25, 0.3) is 0 Å². The van der Waals surface area contributed by atoms with Crippen LogP contribution < -0.4 is 0 Å². The predicted molar refractivity (Wildman–Crippen MR) is 124 cm³/mol. The van der Waals surface area contributed by atoms with Gasteiger partial charge in [0.05, 0.1) is 6.10 Å². The van der Waals surface area contributed by atoms with Crippen molar-refractivity contribution >= 4 is 0 Å². The zero-order valence-corrected chi connectivity index (χ0v) is 20.0. The predicted octanol–water partition coefficient (Wildman–Crippen LogP) is 7.55. The van der Waals surface area contributed by atoms with E-state index >= 15 is 0 Å². The normalized spacial score (nSPS) is 44.6. The lowest BCUT2D eigenvalue weighted by Gasteiger charge is -2.56. The van der Waals surface area contributed by atoms with Gasteiger partial charge < -0.3 is 5.11 Å². The number of hydrogen-bond donors (Lipinski definition) is 1. The van der Waals surface area contributed by atoms with E-state index in [0.29, 0.717) is 22.7 Å². The molecule has 1 heteroatoms. The first kappa shape index (κ1) is 21.7. The van der Waals surface area contributed by atoms with Gasteiger partial charge in [0, 0.05) is 0 Å². The van der Waals surface area contributed by atoms with E-state index in [1.165, 1.54) is 44.9 Å². The van der Waals surface area contributed by atoms with Gasteiger partial charge in [-0.3, -0.25) is 0 Å². The quantitative estimate of drug-likeness (QED) is 0.484. The third-order valence-corrected chi connectivity index (χ3v) is 10.4. The molecule has 0 amide bonds. The molecule has 29 heavy (non-hydrogen) atoms. The van der Waals surface area contributed by atoms with E-state index in [4.69, 9.17) is 0 Å². The first-order chi connectivity index (χ1) is 13.7. The van der Waals surface area contributed by atoms with Crippen LogP contribution in [0.15, 0.2) is 23.3 Å². The second kappa shape index (κ2) is 7.85. The minimum atomic E-state index is -0.0344. The molecule has 1 N–H and O–H groups in total. The van der Waals surface area contributed by atoms with Crippen molar-refractivity contribution in [3.05, 3.63) is 23.3 Å². The van der Waals surface area contributed by atoms with Crippen molar-refractivity contribution in [3.8, 4) is 0 Å². The Bertz CT molecular complexity index is 672. The fourth-order valence-electron chi connectivity index (χ4n) is 8.06. The molecule has 8 atom stereocenters. The minimum Gasteiger partial charge on any atom is -0.393 e. The SMILES string of the molecule is CC(C)[C@@H](C)/C=C/[C@@H](C)[C@H]1CCC2=C3CCC4C[C@@H](O)CC[C@]4(C)[C@H]3CC[C@@]21C. The van der Waals surface area contributed by atoms with Crippen LogP contribution in [0.4, 0.5) is 0 Å². The van der Waals surface area contributed by atoms with Gasteiger partial charge in [0.1, 0.15) is 0 Å². The van der Waals surface area contributed by atoms with Gasteiger partial charge in [-0.25, -0.2) is 0 Å². The first-order valence-electron chi connectivity index (χ1n) is 12.8. The van der Waals surface area contributed by atoms with Gasteiger partial charge in [-0.05, 0) is 104 Å². The van der Waals surface area contributed by atoms with E-state index in [0.717, 1.165) is 36.5 Å². The van der Waals surface area contributed by atoms with Gasteiger partial charge in [-0.1, -0.05) is 64.8 Å². The van der Waals surface area contributed by atoms with E-state index < -0.39 is 0 Å². The lowest BCUT2D eigenvalue weighted by atomic mass is 9.49. The van der Waals surface area contributed by atoms with Gasteiger partial charge >= 0.3 is 0 Å². The Morgan fingerprint density at radius 2 is 1.69 bits per heavy atom. The molecule has 0 spiro atoms. The molecule has 3 fully saturated rings. The third-order valence-electron chi connectivity index (χ3n) is 10.4. The van der Waals surface area contributed by atoms with Crippen LogP contribution in [0.3, 0.4) is 0 Å². The summed E-state index contributed by atoms with van der Waals surface area (Å²) in [6.07, 6.45) is 16.5. The fraction of sp³-hybridized carbons (Fsp3) is 0.857. The number of rotatable bonds is 4. The molecule has 0 radical (unpaired) electrons. The van der Waals surface area contributed by atoms with E-state index in [1.807, 2.05) is 11.1 Å². The van der Waals surface area contributed by atoms with Crippen LogP contribution in [0, 0.1) is 46.3 Å². The Morgan fingerprint density at radius 1 is 0.931 bits per heavy atom. The second-order valence-corrected chi connectivity index (χ2v) is 12.2. The smallest absolute Gasteiger partial charge is 0.0543 e. The van der Waals surface area contributed by atoms with E-state index in [1.54, 1.807) is 0 Å². The molecule has 4 aliphatic rings. The highest BCUT2D eigenvalue weighted by Crippen LogP contribution is 2.65. The highest BCUT2D eigenvalue weighted by atomic mass is 16.3. The van der Waals surface area contributed by atoms with Crippen LogP contribution in [-0.4, -0.2) is 11.2 Å². The standard InChI is InChI=1S/C28H46O/c1-18(2)19(3)7-8-20(4)24-11-12-25-23-10-9-21-17-22(29)13-15-27(21,5)26(23)14-16-28(24,25)6/h7-8,18-22,24,26,29H,9-17H2,1-6H3/b8-7+/t19-,20+,21?,22-,24+,26-,27-,28+/m0/s1. The largest absolute Gasteiger partial charge is 0.393 e. The summed E-state index contributed by atoms with van der Waals surface area (Å²) in [5.74, 6) is 4.48. The summed E-state index contributed by atoms with van der Waals surface area (Å²) in [5.41, 5.74) is 4.68. The third kappa shape index (κ3) is 3.58. The first-order valence-corrected chi connectivity index (χ1v) is 12.8. The lowest BCUT2D eigenvalue weighted by molar-refractivity contribution is -0.0377. The van der Waals surface area contributed by atoms with Gasteiger partial charge in [-0.15, -0.1) is 0 Å². The van der Waals surface area contributed by atoms with Crippen LogP contribution in [0.1, 0.15) is 99.3 Å². The second-order valence-electron chi connectivity index (χ2n) is 12.2. The summed E-state index contributed by atoms with van der Waals surface area (Å²) in [6, 6.07) is 0. The minimum absolute atomic E-state index is 0.0344. The molecule has 0 aromatic rings.